The highest BCUT2D eigenvalue weighted by atomic mass is 19.3. The molecule has 2 unspecified atom stereocenters. The van der Waals surface area contributed by atoms with Gasteiger partial charge in [-0.25, -0.2) is 4.79 Å². The molecule has 1 fully saturated rings. The van der Waals surface area contributed by atoms with Crippen LogP contribution >= 0.6 is 0 Å². The van der Waals surface area contributed by atoms with Gasteiger partial charge in [-0.3, -0.25) is 4.79 Å². The summed E-state index contributed by atoms with van der Waals surface area (Å²) in [5.74, 6) is 0.242. The highest BCUT2D eigenvalue weighted by molar-refractivity contribution is 5.87. The Morgan fingerprint density at radius 3 is 2.60 bits per heavy atom. The predicted octanol–water partition coefficient (Wildman–Crippen LogP) is 3.66. The molecule has 0 saturated carbocycles. The normalized spacial score (nSPS) is 19.0. The molecular weight excluding hydrogens is 392 g/mol. The lowest BCUT2D eigenvalue weighted by molar-refractivity contribution is -0.148. The number of nitrogens with zero attached hydrogens (tertiary/aromatic N) is 1. The summed E-state index contributed by atoms with van der Waals surface area (Å²) in [6, 6.07) is 5.29. The maximum Gasteiger partial charge on any atom is 0.335 e. The molecule has 1 saturated heterocycles. The zero-order chi connectivity index (χ0) is 22.1. The van der Waals surface area contributed by atoms with Crippen molar-refractivity contribution in [3.63, 3.8) is 0 Å². The van der Waals surface area contributed by atoms with Gasteiger partial charge in [0.15, 0.2) is 0 Å². The largest absolute Gasteiger partial charge is 0.478 e. The number of hydrogen-bond donors (Lipinski definition) is 2. The summed E-state index contributed by atoms with van der Waals surface area (Å²) in [5, 5.41) is 19.0. The van der Waals surface area contributed by atoms with E-state index in [0.29, 0.717) is 19.3 Å². The van der Waals surface area contributed by atoms with Crippen LogP contribution in [-0.2, 0) is 11.2 Å². The van der Waals surface area contributed by atoms with Crippen molar-refractivity contribution in [3.8, 4) is 11.8 Å². The molecule has 1 aliphatic heterocycles. The topological polar surface area (TPSA) is 77.8 Å². The summed E-state index contributed by atoms with van der Waals surface area (Å²) in [4.78, 5) is 24.1. The van der Waals surface area contributed by atoms with Crippen LogP contribution in [0.3, 0.4) is 0 Å². The number of alkyl halides is 2. The van der Waals surface area contributed by atoms with Gasteiger partial charge in [-0.2, -0.15) is 8.78 Å². The fraction of sp³-hybridized carbons (Fsp3) is 0.478. The van der Waals surface area contributed by atoms with Crippen molar-refractivity contribution < 1.29 is 28.6 Å². The number of carboxylic acid groups (broad SMARTS) is 1. The van der Waals surface area contributed by atoms with Gasteiger partial charge < -0.3 is 15.1 Å². The molecule has 0 spiro atoms. The number of aliphatic hydroxyl groups is 1. The second kappa shape index (κ2) is 10.9. The summed E-state index contributed by atoms with van der Waals surface area (Å²) in [7, 11) is 0. The summed E-state index contributed by atoms with van der Waals surface area (Å²) in [5.41, 5.74) is 0.883. The SMILES string of the molecule is CCCC#CCCC(O)/C=C/C1CC(F)(F)C(=O)N1CCc1ccc(C(=O)O)cc1. The number of aromatic carboxylic acids is 1. The summed E-state index contributed by atoms with van der Waals surface area (Å²) < 4.78 is 28.0. The van der Waals surface area contributed by atoms with Crippen molar-refractivity contribution >= 4 is 11.9 Å². The quantitative estimate of drug-likeness (QED) is 0.473. The fourth-order valence-corrected chi connectivity index (χ4v) is 3.20. The van der Waals surface area contributed by atoms with Crippen LogP contribution in [0.2, 0.25) is 0 Å². The number of carbonyl (C=O) groups excluding carboxylic acids is 1. The van der Waals surface area contributed by atoms with Crippen LogP contribution in [0.4, 0.5) is 8.78 Å². The Hall–Kier alpha value is -2.72. The third-order valence-electron chi connectivity index (χ3n) is 4.90. The lowest BCUT2D eigenvalue weighted by Gasteiger charge is -2.22. The highest BCUT2D eigenvalue weighted by Crippen LogP contribution is 2.34. The molecule has 162 valence electrons. The first-order valence-corrected chi connectivity index (χ1v) is 10.1. The summed E-state index contributed by atoms with van der Waals surface area (Å²) in [6.07, 6.45) is 4.51. The zero-order valence-electron chi connectivity index (χ0n) is 17.0. The van der Waals surface area contributed by atoms with Crippen LogP contribution < -0.4 is 0 Å². The number of carboxylic acids is 1. The number of rotatable bonds is 9. The van der Waals surface area contributed by atoms with Crippen molar-refractivity contribution in [1.82, 2.24) is 4.90 Å². The number of benzene rings is 1. The fourth-order valence-electron chi connectivity index (χ4n) is 3.20. The lowest BCUT2D eigenvalue weighted by Crippen LogP contribution is -2.37. The molecule has 1 aromatic carbocycles. The third-order valence-corrected chi connectivity index (χ3v) is 4.90. The Kier molecular flexibility index (Phi) is 8.55. The molecule has 2 atom stereocenters. The monoisotopic (exact) mass is 419 g/mol. The standard InChI is InChI=1S/C23H27F2NO4/c1-2-3-4-5-6-7-20(27)13-12-19-16-23(24,25)22(30)26(19)15-14-17-8-10-18(11-9-17)21(28)29/h8-13,19-20,27H,2-3,6-7,14-16H2,1H3,(H,28,29)/b13-12+. The molecule has 0 bridgehead atoms. The van der Waals surface area contributed by atoms with E-state index >= 15 is 0 Å². The van der Waals surface area contributed by atoms with Crippen molar-refractivity contribution in [2.24, 2.45) is 0 Å². The van der Waals surface area contributed by atoms with Crippen molar-refractivity contribution in [2.45, 2.75) is 63.5 Å². The molecule has 0 radical (unpaired) electrons. The molecule has 0 aliphatic carbocycles. The van der Waals surface area contributed by atoms with E-state index in [-0.39, 0.29) is 12.1 Å². The maximum absolute atomic E-state index is 14.0. The zero-order valence-corrected chi connectivity index (χ0v) is 17.0. The Morgan fingerprint density at radius 1 is 1.30 bits per heavy atom. The van der Waals surface area contributed by atoms with E-state index in [1.54, 1.807) is 12.1 Å². The first kappa shape index (κ1) is 23.6. The minimum absolute atomic E-state index is 0.0778. The Morgan fingerprint density at radius 2 is 1.97 bits per heavy atom. The van der Waals surface area contributed by atoms with E-state index in [2.05, 4.69) is 11.8 Å². The van der Waals surface area contributed by atoms with Gasteiger partial charge in [0.2, 0.25) is 0 Å². The number of hydrogen-bond acceptors (Lipinski definition) is 3. The van der Waals surface area contributed by atoms with E-state index in [1.165, 1.54) is 24.3 Å². The van der Waals surface area contributed by atoms with Crippen LogP contribution in [0, 0.1) is 11.8 Å². The second-order valence-corrected chi connectivity index (χ2v) is 7.32. The third kappa shape index (κ3) is 6.67. The van der Waals surface area contributed by atoms with Crippen LogP contribution in [0.5, 0.6) is 0 Å². The molecule has 2 N–H and O–H groups in total. The van der Waals surface area contributed by atoms with E-state index in [9.17, 15) is 23.5 Å². The average molecular weight is 419 g/mol. The molecule has 2 rings (SSSR count). The van der Waals surface area contributed by atoms with Gasteiger partial charge in [-0.05, 0) is 37.0 Å². The van der Waals surface area contributed by atoms with Crippen molar-refractivity contribution in [1.29, 1.82) is 0 Å². The number of aliphatic hydroxyl groups excluding tert-OH is 1. The Labute approximate surface area is 175 Å². The smallest absolute Gasteiger partial charge is 0.335 e. The second-order valence-electron chi connectivity index (χ2n) is 7.32. The molecule has 1 heterocycles. The van der Waals surface area contributed by atoms with Gasteiger partial charge in [0.05, 0.1) is 17.7 Å². The van der Waals surface area contributed by atoms with E-state index in [4.69, 9.17) is 5.11 Å². The summed E-state index contributed by atoms with van der Waals surface area (Å²) >= 11 is 0. The van der Waals surface area contributed by atoms with Gasteiger partial charge in [0.1, 0.15) is 0 Å². The minimum Gasteiger partial charge on any atom is -0.478 e. The Balaban J connectivity index is 1.97. The number of amides is 1. The van der Waals surface area contributed by atoms with Crippen LogP contribution in [0.15, 0.2) is 36.4 Å². The highest BCUT2D eigenvalue weighted by Gasteiger charge is 2.52. The van der Waals surface area contributed by atoms with Gasteiger partial charge in [-0.15, -0.1) is 11.8 Å². The average Bonchev–Trinajstić information content (AvgIpc) is 2.93. The van der Waals surface area contributed by atoms with E-state index in [0.717, 1.165) is 23.3 Å². The number of carbonyl (C=O) groups is 2. The molecule has 30 heavy (non-hydrogen) atoms. The number of halogens is 2. The van der Waals surface area contributed by atoms with Crippen LogP contribution in [0.25, 0.3) is 0 Å². The molecule has 7 heteroatoms. The van der Waals surface area contributed by atoms with Crippen LogP contribution in [0.1, 0.15) is 54.9 Å². The van der Waals surface area contributed by atoms with Gasteiger partial charge in [0, 0.05) is 25.8 Å². The van der Waals surface area contributed by atoms with Crippen molar-refractivity contribution in [3.05, 3.63) is 47.5 Å². The van der Waals surface area contributed by atoms with Crippen molar-refractivity contribution in [2.75, 3.05) is 6.54 Å². The molecular formula is C23H27F2NO4. The molecule has 1 amide bonds. The molecule has 0 aromatic heterocycles. The molecule has 5 nitrogen and oxygen atoms in total. The predicted molar refractivity (Wildman–Crippen MR) is 109 cm³/mol. The molecule has 1 aromatic rings. The lowest BCUT2D eigenvalue weighted by atomic mass is 10.1. The van der Waals surface area contributed by atoms with Crippen LogP contribution in [-0.4, -0.2) is 51.6 Å². The van der Waals surface area contributed by atoms with Gasteiger partial charge in [-0.1, -0.05) is 31.2 Å². The minimum atomic E-state index is -3.43. The van der Waals surface area contributed by atoms with E-state index < -0.39 is 36.4 Å². The van der Waals surface area contributed by atoms with Gasteiger partial charge >= 0.3 is 11.9 Å². The Bertz CT molecular complexity index is 824. The number of unbranched alkanes of at least 4 members (excludes halogenated alkanes) is 1. The molecule has 1 aliphatic rings. The first-order valence-electron chi connectivity index (χ1n) is 10.1. The summed E-state index contributed by atoms with van der Waals surface area (Å²) in [6.45, 7) is 2.11. The van der Waals surface area contributed by atoms with Gasteiger partial charge in [0.25, 0.3) is 5.91 Å². The first-order chi connectivity index (χ1) is 14.2. The van der Waals surface area contributed by atoms with E-state index in [1.807, 2.05) is 6.92 Å². The number of likely N-dealkylation sites (tertiary alicyclic amines) is 1. The maximum atomic E-state index is 14.0.